The van der Waals surface area contributed by atoms with Crippen LogP contribution in [0.5, 0.6) is 0 Å². The van der Waals surface area contributed by atoms with Gasteiger partial charge in [0.2, 0.25) is 5.91 Å². The first kappa shape index (κ1) is 15.7. The fourth-order valence-electron chi connectivity index (χ4n) is 2.59. The van der Waals surface area contributed by atoms with Crippen LogP contribution >= 0.6 is 0 Å². The molecule has 0 bridgehead atoms. The van der Waals surface area contributed by atoms with Gasteiger partial charge in [0.15, 0.2) is 0 Å². The Kier molecular flexibility index (Phi) is 5.09. The smallest absolute Gasteiger partial charge is 0.376 e. The highest BCUT2D eigenvalue weighted by Gasteiger charge is 2.33. The van der Waals surface area contributed by atoms with E-state index in [1.165, 1.54) is 24.6 Å². The zero-order valence-electron chi connectivity index (χ0n) is 11.7. The summed E-state index contributed by atoms with van der Waals surface area (Å²) in [6.07, 6.45) is 0.841. The highest BCUT2D eigenvalue weighted by atomic mass is 19.4. The number of hydrogen-bond acceptors (Lipinski definition) is 2. The predicted octanol–water partition coefficient (Wildman–Crippen LogP) is 3.57. The molecule has 116 valence electrons. The van der Waals surface area contributed by atoms with Gasteiger partial charge >= 0.3 is 6.18 Å². The van der Waals surface area contributed by atoms with Gasteiger partial charge in [-0.3, -0.25) is 4.79 Å². The molecule has 0 heterocycles. The second-order valence-electron chi connectivity index (χ2n) is 5.30. The monoisotopic (exact) mass is 300 g/mol. The highest BCUT2D eigenvalue weighted by Crippen LogP contribution is 2.34. The molecular formula is C15H19F3N2O. The standard InChI is InChI=1S/C15H19F3N2O/c16-15(17,18)12-8-4-5-9-13(12)19-10-14(21)20-11-6-2-1-3-7-11/h4-5,8-9,11,19H,1-3,6-7,10H2,(H,20,21). The Hall–Kier alpha value is -1.72. The molecule has 1 aromatic carbocycles. The number of halogens is 3. The SMILES string of the molecule is O=C(CNc1ccccc1C(F)(F)F)NC1CCCCC1. The van der Waals surface area contributed by atoms with Crippen molar-refractivity contribution in [3.05, 3.63) is 29.8 Å². The first-order chi connectivity index (χ1) is 9.97. The van der Waals surface area contributed by atoms with Crippen molar-refractivity contribution in [2.45, 2.75) is 44.3 Å². The summed E-state index contributed by atoms with van der Waals surface area (Å²) in [5.74, 6) is -0.265. The van der Waals surface area contributed by atoms with Crippen molar-refractivity contribution in [3.63, 3.8) is 0 Å². The van der Waals surface area contributed by atoms with Crippen LogP contribution in [0.25, 0.3) is 0 Å². The van der Waals surface area contributed by atoms with Crippen LogP contribution in [-0.4, -0.2) is 18.5 Å². The number of carbonyl (C=O) groups excluding carboxylic acids is 1. The van der Waals surface area contributed by atoms with Crippen molar-refractivity contribution < 1.29 is 18.0 Å². The summed E-state index contributed by atoms with van der Waals surface area (Å²) >= 11 is 0. The summed E-state index contributed by atoms with van der Waals surface area (Å²) in [6, 6.07) is 5.33. The zero-order chi connectivity index (χ0) is 15.3. The average Bonchev–Trinajstić information content (AvgIpc) is 2.45. The number of alkyl halides is 3. The Morgan fingerprint density at radius 2 is 1.81 bits per heavy atom. The number of hydrogen-bond donors (Lipinski definition) is 2. The third-order valence-electron chi connectivity index (χ3n) is 3.64. The molecule has 0 atom stereocenters. The lowest BCUT2D eigenvalue weighted by Crippen LogP contribution is -2.39. The van der Waals surface area contributed by atoms with Crippen molar-refractivity contribution >= 4 is 11.6 Å². The normalized spacial score (nSPS) is 16.5. The van der Waals surface area contributed by atoms with Crippen LogP contribution in [0.15, 0.2) is 24.3 Å². The minimum absolute atomic E-state index is 0.0659. The Morgan fingerprint density at radius 1 is 1.14 bits per heavy atom. The molecule has 1 aliphatic carbocycles. The van der Waals surface area contributed by atoms with Crippen molar-refractivity contribution in [1.29, 1.82) is 0 Å². The summed E-state index contributed by atoms with van der Waals surface area (Å²) in [4.78, 5) is 11.8. The Morgan fingerprint density at radius 3 is 2.48 bits per heavy atom. The van der Waals surface area contributed by atoms with Crippen LogP contribution in [0.4, 0.5) is 18.9 Å². The van der Waals surface area contributed by atoms with Crippen molar-refractivity contribution in [1.82, 2.24) is 5.32 Å². The predicted molar refractivity (Wildman–Crippen MR) is 74.9 cm³/mol. The summed E-state index contributed by atoms with van der Waals surface area (Å²) in [6.45, 7) is -0.149. The van der Waals surface area contributed by atoms with Crippen molar-refractivity contribution in [2.75, 3.05) is 11.9 Å². The van der Waals surface area contributed by atoms with Gasteiger partial charge in [-0.25, -0.2) is 0 Å². The zero-order valence-corrected chi connectivity index (χ0v) is 11.7. The summed E-state index contributed by atoms with van der Waals surface area (Å²) in [5.41, 5.74) is -0.820. The topological polar surface area (TPSA) is 41.1 Å². The van der Waals surface area contributed by atoms with E-state index in [1.807, 2.05) is 0 Å². The molecule has 1 amide bonds. The van der Waals surface area contributed by atoms with Crippen LogP contribution < -0.4 is 10.6 Å². The molecule has 0 unspecified atom stereocenters. The van der Waals surface area contributed by atoms with E-state index in [9.17, 15) is 18.0 Å². The Balaban J connectivity index is 1.89. The maximum Gasteiger partial charge on any atom is 0.418 e. The summed E-state index contributed by atoms with van der Waals surface area (Å²) in [7, 11) is 0. The third kappa shape index (κ3) is 4.65. The fraction of sp³-hybridized carbons (Fsp3) is 0.533. The molecule has 1 fully saturated rings. The molecule has 0 radical (unpaired) electrons. The second kappa shape index (κ2) is 6.83. The van der Waals surface area contributed by atoms with E-state index >= 15 is 0 Å². The molecule has 0 aromatic heterocycles. The molecule has 1 saturated carbocycles. The lowest BCUT2D eigenvalue weighted by atomic mass is 9.95. The molecule has 2 N–H and O–H groups in total. The molecular weight excluding hydrogens is 281 g/mol. The molecule has 0 aliphatic heterocycles. The summed E-state index contributed by atoms with van der Waals surface area (Å²) in [5, 5.41) is 5.44. The number of anilines is 1. The quantitative estimate of drug-likeness (QED) is 0.892. The van der Waals surface area contributed by atoms with Crippen molar-refractivity contribution in [3.8, 4) is 0 Å². The maximum absolute atomic E-state index is 12.8. The molecule has 3 nitrogen and oxygen atoms in total. The number of para-hydroxylation sites is 1. The fourth-order valence-corrected chi connectivity index (χ4v) is 2.59. The molecule has 1 aromatic rings. The van der Waals surface area contributed by atoms with E-state index in [2.05, 4.69) is 10.6 Å². The van der Waals surface area contributed by atoms with Gasteiger partial charge < -0.3 is 10.6 Å². The molecule has 2 rings (SSSR count). The van der Waals surface area contributed by atoms with Gasteiger partial charge in [0, 0.05) is 11.7 Å². The van der Waals surface area contributed by atoms with E-state index in [1.54, 1.807) is 0 Å². The van der Waals surface area contributed by atoms with Gasteiger partial charge in [-0.15, -0.1) is 0 Å². The molecule has 0 saturated heterocycles. The number of rotatable bonds is 4. The van der Waals surface area contributed by atoms with Crippen LogP contribution in [-0.2, 0) is 11.0 Å². The van der Waals surface area contributed by atoms with Gasteiger partial charge in [0.25, 0.3) is 0 Å². The van der Waals surface area contributed by atoms with Crippen LogP contribution in [0.1, 0.15) is 37.7 Å². The second-order valence-corrected chi connectivity index (χ2v) is 5.30. The Labute approximate surface area is 121 Å². The minimum atomic E-state index is -4.43. The largest absolute Gasteiger partial charge is 0.418 e. The van der Waals surface area contributed by atoms with Crippen LogP contribution in [0.2, 0.25) is 0 Å². The van der Waals surface area contributed by atoms with E-state index < -0.39 is 11.7 Å². The average molecular weight is 300 g/mol. The van der Waals surface area contributed by atoms with Gasteiger partial charge in [0.05, 0.1) is 12.1 Å². The number of nitrogens with one attached hydrogen (secondary N) is 2. The first-order valence-electron chi connectivity index (χ1n) is 7.16. The third-order valence-corrected chi connectivity index (χ3v) is 3.64. The van der Waals surface area contributed by atoms with Gasteiger partial charge in [-0.1, -0.05) is 31.4 Å². The maximum atomic E-state index is 12.8. The summed E-state index contributed by atoms with van der Waals surface area (Å²) < 4.78 is 38.4. The van der Waals surface area contributed by atoms with Crippen molar-refractivity contribution in [2.24, 2.45) is 0 Å². The number of amides is 1. The van der Waals surface area contributed by atoms with E-state index in [0.717, 1.165) is 31.7 Å². The molecule has 21 heavy (non-hydrogen) atoms. The lowest BCUT2D eigenvalue weighted by Gasteiger charge is -2.23. The number of benzene rings is 1. The number of carbonyl (C=O) groups is 1. The van der Waals surface area contributed by atoms with E-state index in [-0.39, 0.29) is 24.2 Å². The van der Waals surface area contributed by atoms with Gasteiger partial charge in [-0.2, -0.15) is 13.2 Å². The minimum Gasteiger partial charge on any atom is -0.376 e. The van der Waals surface area contributed by atoms with E-state index in [4.69, 9.17) is 0 Å². The van der Waals surface area contributed by atoms with Gasteiger partial charge in [0.1, 0.15) is 0 Å². The molecule has 6 heteroatoms. The first-order valence-corrected chi connectivity index (χ1v) is 7.16. The highest BCUT2D eigenvalue weighted by molar-refractivity contribution is 5.81. The van der Waals surface area contributed by atoms with Gasteiger partial charge in [-0.05, 0) is 25.0 Å². The van der Waals surface area contributed by atoms with Crippen LogP contribution in [0, 0.1) is 0 Å². The lowest BCUT2D eigenvalue weighted by molar-refractivity contribution is -0.137. The molecule has 0 spiro atoms. The molecule has 1 aliphatic rings. The van der Waals surface area contributed by atoms with Crippen LogP contribution in [0.3, 0.4) is 0 Å². The van der Waals surface area contributed by atoms with E-state index in [0.29, 0.717) is 0 Å². The Bertz CT molecular complexity index is 482.